The van der Waals surface area contributed by atoms with Crippen molar-refractivity contribution in [3.8, 4) is 0 Å². The minimum absolute atomic E-state index is 0. The van der Waals surface area contributed by atoms with E-state index in [4.69, 9.17) is 40.5 Å². The number of nitrogens with two attached hydrogens (primary N) is 1. The predicted octanol–water partition coefficient (Wildman–Crippen LogP) is -1.36. The molecule has 0 saturated heterocycles. The van der Waals surface area contributed by atoms with Crippen molar-refractivity contribution in [2.45, 2.75) is 20.8 Å². The molecule has 0 heterocycles. The molecule has 0 fully saturated rings. The van der Waals surface area contributed by atoms with E-state index in [-0.39, 0.29) is 47.2 Å². The molecule has 10 heteroatoms. The average Bonchev–Trinajstić information content (AvgIpc) is 2.15. The summed E-state index contributed by atoms with van der Waals surface area (Å²) < 4.78 is 0. The van der Waals surface area contributed by atoms with E-state index >= 15 is 0 Å². The fourth-order valence-corrected chi connectivity index (χ4v) is 0.306. The summed E-state index contributed by atoms with van der Waals surface area (Å²) in [7, 11) is 0. The second-order valence-corrected chi connectivity index (χ2v) is 2.82. The third-order valence-corrected chi connectivity index (χ3v) is 0.610. The normalized spacial score (nSPS) is 7.05. The zero-order chi connectivity index (χ0) is 16.3. The molecule has 0 radical (unpaired) electrons. The summed E-state index contributed by atoms with van der Waals surface area (Å²) in [5.41, 5.74) is 5.13. The van der Waals surface area contributed by atoms with Gasteiger partial charge in [0.1, 0.15) is 0 Å². The van der Waals surface area contributed by atoms with Gasteiger partial charge in [-0.2, -0.15) is 0 Å². The first-order chi connectivity index (χ1) is 8.61. The number of hydrogen-bond donors (Lipinski definition) is 6. The SMILES string of the molecule is CC(=O)O.CC(=O)O.CC(=O)O.NCCNCCO.[Ca+2].[H-].[H-]. The number of aliphatic carboxylic acids is 3. The molecule has 0 amide bonds. The van der Waals surface area contributed by atoms with Crippen molar-refractivity contribution in [2.75, 3.05) is 26.2 Å². The maximum atomic E-state index is 9.00. The molecule has 0 bridgehead atoms. The maximum Gasteiger partial charge on any atom is 2.00 e. The van der Waals surface area contributed by atoms with Crippen LogP contribution < -0.4 is 11.1 Å². The summed E-state index contributed by atoms with van der Waals surface area (Å²) in [4.78, 5) is 27.0. The van der Waals surface area contributed by atoms with Crippen LogP contribution in [0.1, 0.15) is 23.6 Å². The molecule has 0 aromatic rings. The summed E-state index contributed by atoms with van der Waals surface area (Å²) in [6.07, 6.45) is 0. The molecule has 7 N–H and O–H groups in total. The molecule has 0 unspecified atom stereocenters. The fraction of sp³-hybridized carbons (Fsp3) is 0.700. The summed E-state index contributed by atoms with van der Waals surface area (Å²) >= 11 is 0. The van der Waals surface area contributed by atoms with Gasteiger partial charge in [-0.25, -0.2) is 0 Å². The molecular formula is C10H26CaN2O7. The largest absolute Gasteiger partial charge is 2.00 e. The molecule has 9 nitrogen and oxygen atoms in total. The molecular weight excluding hydrogens is 300 g/mol. The van der Waals surface area contributed by atoms with E-state index in [0.29, 0.717) is 13.1 Å². The summed E-state index contributed by atoms with van der Waals surface area (Å²) in [5.74, 6) is -2.50. The quantitative estimate of drug-likeness (QED) is 0.270. The number of carboxylic acid groups (broad SMARTS) is 3. The van der Waals surface area contributed by atoms with Gasteiger partial charge in [-0.05, 0) is 0 Å². The van der Waals surface area contributed by atoms with Gasteiger partial charge in [-0.1, -0.05) is 0 Å². The van der Waals surface area contributed by atoms with Gasteiger partial charge in [0.05, 0.1) is 6.61 Å². The van der Waals surface area contributed by atoms with Gasteiger partial charge >= 0.3 is 37.7 Å². The van der Waals surface area contributed by atoms with E-state index in [1.807, 2.05) is 0 Å². The van der Waals surface area contributed by atoms with E-state index in [9.17, 15) is 0 Å². The minimum Gasteiger partial charge on any atom is -1.00 e. The number of aliphatic hydroxyl groups excluding tert-OH is 1. The van der Waals surface area contributed by atoms with Crippen molar-refractivity contribution in [3.05, 3.63) is 0 Å². The monoisotopic (exact) mass is 326 g/mol. The van der Waals surface area contributed by atoms with Gasteiger partial charge in [-0.15, -0.1) is 0 Å². The second-order valence-electron chi connectivity index (χ2n) is 2.82. The van der Waals surface area contributed by atoms with Crippen molar-refractivity contribution in [2.24, 2.45) is 5.73 Å². The first kappa shape index (κ1) is 31.8. The molecule has 0 aliphatic rings. The van der Waals surface area contributed by atoms with Crippen LogP contribution in [-0.4, -0.2) is 102 Å². The summed E-state index contributed by atoms with van der Waals surface area (Å²) in [6, 6.07) is 0. The van der Waals surface area contributed by atoms with Crippen LogP contribution in [0.25, 0.3) is 0 Å². The number of aliphatic hydroxyl groups is 1. The van der Waals surface area contributed by atoms with Crippen LogP contribution in [0.2, 0.25) is 0 Å². The van der Waals surface area contributed by atoms with Crippen molar-refractivity contribution in [1.29, 1.82) is 0 Å². The van der Waals surface area contributed by atoms with Gasteiger partial charge < -0.3 is 34.3 Å². The minimum atomic E-state index is -0.833. The number of rotatable bonds is 4. The van der Waals surface area contributed by atoms with Crippen molar-refractivity contribution in [3.63, 3.8) is 0 Å². The molecule has 0 aliphatic heterocycles. The molecule has 0 saturated carbocycles. The van der Waals surface area contributed by atoms with E-state index in [2.05, 4.69) is 5.32 Å². The molecule has 0 aromatic heterocycles. The summed E-state index contributed by atoms with van der Waals surface area (Å²) in [5, 5.41) is 33.3. The number of hydrogen-bond acceptors (Lipinski definition) is 6. The van der Waals surface area contributed by atoms with Crippen LogP contribution in [-0.2, 0) is 14.4 Å². The first-order valence-electron chi connectivity index (χ1n) is 5.21. The third kappa shape index (κ3) is 381. The molecule has 120 valence electrons. The van der Waals surface area contributed by atoms with Crippen LogP contribution in [0.15, 0.2) is 0 Å². The van der Waals surface area contributed by atoms with Gasteiger partial charge in [-0.3, -0.25) is 14.4 Å². The van der Waals surface area contributed by atoms with Gasteiger partial charge in [0.25, 0.3) is 17.9 Å². The molecule has 0 aliphatic carbocycles. The van der Waals surface area contributed by atoms with Crippen LogP contribution in [0.3, 0.4) is 0 Å². The van der Waals surface area contributed by atoms with Gasteiger partial charge in [0.15, 0.2) is 0 Å². The van der Waals surface area contributed by atoms with E-state index in [1.165, 1.54) is 0 Å². The molecule has 0 rings (SSSR count). The molecule has 0 atom stereocenters. The zero-order valence-corrected chi connectivity index (χ0v) is 14.3. The van der Waals surface area contributed by atoms with Crippen molar-refractivity contribution in [1.82, 2.24) is 5.32 Å². The maximum absolute atomic E-state index is 9.00. The van der Waals surface area contributed by atoms with Gasteiger partial charge in [0.2, 0.25) is 0 Å². The van der Waals surface area contributed by atoms with Crippen LogP contribution in [0, 0.1) is 0 Å². The standard InChI is InChI=1S/C4H12N2O.3C2H4O2.Ca.2H/c5-1-2-6-3-4-7;3*1-2(3)4;;;/h6-7H,1-5H2;3*1H3,(H,3,4);;;/q;;;;+2;2*-1. The Morgan fingerprint density at radius 3 is 1.35 bits per heavy atom. The van der Waals surface area contributed by atoms with Gasteiger partial charge in [0, 0.05) is 40.4 Å². The van der Waals surface area contributed by atoms with Crippen LogP contribution in [0.4, 0.5) is 0 Å². The first-order valence-corrected chi connectivity index (χ1v) is 5.21. The second kappa shape index (κ2) is 31.1. The zero-order valence-electron chi connectivity index (χ0n) is 14.1. The predicted molar refractivity (Wildman–Crippen MR) is 76.9 cm³/mol. The Balaban J connectivity index is -0.0000000270. The Bertz CT molecular complexity index is 193. The Morgan fingerprint density at radius 1 is 0.950 bits per heavy atom. The average molecular weight is 326 g/mol. The Kier molecular flexibility index (Phi) is 49.4. The fourth-order valence-electron chi connectivity index (χ4n) is 0.306. The van der Waals surface area contributed by atoms with E-state index in [1.54, 1.807) is 0 Å². The molecule has 0 spiro atoms. The Morgan fingerprint density at radius 2 is 1.20 bits per heavy atom. The smallest absolute Gasteiger partial charge is 1.00 e. The Labute approximate surface area is 151 Å². The topological polar surface area (TPSA) is 170 Å². The number of carbonyl (C=O) groups is 3. The van der Waals surface area contributed by atoms with Crippen LogP contribution >= 0.6 is 0 Å². The molecule has 0 aromatic carbocycles. The number of carboxylic acids is 3. The van der Waals surface area contributed by atoms with E-state index in [0.717, 1.165) is 27.3 Å². The van der Waals surface area contributed by atoms with E-state index < -0.39 is 17.9 Å². The number of nitrogens with one attached hydrogen (secondary N) is 1. The van der Waals surface area contributed by atoms with Crippen molar-refractivity contribution >= 4 is 55.6 Å². The van der Waals surface area contributed by atoms with Crippen LogP contribution in [0.5, 0.6) is 0 Å². The summed E-state index contributed by atoms with van der Waals surface area (Å²) in [6.45, 7) is 5.53. The molecule has 20 heavy (non-hydrogen) atoms. The van der Waals surface area contributed by atoms with Crippen molar-refractivity contribution < 1.29 is 37.7 Å². The third-order valence-electron chi connectivity index (χ3n) is 0.610. The Hall–Kier alpha value is -0.450.